The van der Waals surface area contributed by atoms with Crippen LogP contribution in [0.15, 0.2) is 47.8 Å². The number of hydrogen-bond donors (Lipinski definition) is 1. The van der Waals surface area contributed by atoms with E-state index in [4.69, 9.17) is 0 Å². The molecule has 4 rings (SSSR count). The summed E-state index contributed by atoms with van der Waals surface area (Å²) in [5.41, 5.74) is 2.82. The van der Waals surface area contributed by atoms with Crippen LogP contribution in [0, 0.1) is 6.92 Å². The molecular weight excluding hydrogens is 428 g/mol. The third kappa shape index (κ3) is 5.13. The zero-order chi connectivity index (χ0) is 22.7. The maximum atomic E-state index is 12.4. The molecular formula is C22H26N6O3S. The van der Waals surface area contributed by atoms with Crippen LogP contribution in [0.3, 0.4) is 0 Å². The van der Waals surface area contributed by atoms with Crippen LogP contribution in [0.2, 0.25) is 0 Å². The topological polar surface area (TPSA) is 110 Å². The van der Waals surface area contributed by atoms with Crippen LogP contribution in [-0.2, 0) is 21.2 Å². The summed E-state index contributed by atoms with van der Waals surface area (Å²) in [7, 11) is -3.32. The highest BCUT2D eigenvalue weighted by Crippen LogP contribution is 2.25. The average Bonchev–Trinajstić information content (AvgIpc) is 3.22. The molecule has 1 fully saturated rings. The molecule has 0 spiro atoms. The molecule has 1 saturated heterocycles. The Morgan fingerprint density at radius 1 is 1.16 bits per heavy atom. The number of amides is 1. The Hall–Kier alpha value is -3.27. The number of likely N-dealkylation sites (tertiary alicyclic amines) is 1. The molecule has 1 aliphatic rings. The summed E-state index contributed by atoms with van der Waals surface area (Å²) in [6.45, 7) is 3.69. The summed E-state index contributed by atoms with van der Waals surface area (Å²) in [5, 5.41) is 7.38. The van der Waals surface area contributed by atoms with Crippen LogP contribution >= 0.6 is 0 Å². The van der Waals surface area contributed by atoms with Crippen molar-refractivity contribution in [2.24, 2.45) is 0 Å². The number of anilines is 2. The van der Waals surface area contributed by atoms with Gasteiger partial charge in [-0.3, -0.25) is 9.48 Å². The first-order valence-corrected chi connectivity index (χ1v) is 12.4. The zero-order valence-electron chi connectivity index (χ0n) is 18.2. The number of piperidine rings is 1. The maximum Gasteiger partial charge on any atom is 0.244 e. The van der Waals surface area contributed by atoms with Crippen molar-refractivity contribution in [2.45, 2.75) is 37.6 Å². The quantitative estimate of drug-likeness (QED) is 0.610. The van der Waals surface area contributed by atoms with Gasteiger partial charge in [-0.2, -0.15) is 5.10 Å². The van der Waals surface area contributed by atoms with Gasteiger partial charge < -0.3 is 10.2 Å². The van der Waals surface area contributed by atoms with Crippen LogP contribution in [0.4, 0.5) is 11.6 Å². The van der Waals surface area contributed by atoms with Gasteiger partial charge in [0.15, 0.2) is 9.84 Å². The van der Waals surface area contributed by atoms with E-state index in [2.05, 4.69) is 20.4 Å². The van der Waals surface area contributed by atoms with Gasteiger partial charge >= 0.3 is 0 Å². The average molecular weight is 455 g/mol. The van der Waals surface area contributed by atoms with Crippen LogP contribution < -0.4 is 5.32 Å². The summed E-state index contributed by atoms with van der Waals surface area (Å²) in [6, 6.07) is 6.69. The minimum Gasteiger partial charge on any atom is -0.341 e. The molecule has 0 aliphatic carbocycles. The Bertz CT molecular complexity index is 1230. The van der Waals surface area contributed by atoms with Crippen molar-refractivity contribution in [2.75, 3.05) is 24.7 Å². The molecule has 1 aliphatic heterocycles. The van der Waals surface area contributed by atoms with Gasteiger partial charge in [0, 0.05) is 37.3 Å². The van der Waals surface area contributed by atoms with Crippen molar-refractivity contribution in [1.29, 1.82) is 0 Å². The predicted octanol–water partition coefficient (Wildman–Crippen LogP) is 2.81. The first kappa shape index (κ1) is 21.9. The molecule has 2 aromatic heterocycles. The van der Waals surface area contributed by atoms with E-state index in [1.165, 1.54) is 12.7 Å². The Labute approximate surface area is 187 Å². The molecule has 32 heavy (non-hydrogen) atoms. The van der Waals surface area contributed by atoms with Gasteiger partial charge in [0.05, 0.1) is 22.5 Å². The lowest BCUT2D eigenvalue weighted by atomic mass is 10.1. The van der Waals surface area contributed by atoms with Crippen LogP contribution in [0.1, 0.15) is 24.8 Å². The van der Waals surface area contributed by atoms with E-state index in [9.17, 15) is 13.2 Å². The monoisotopic (exact) mass is 454 g/mol. The maximum absolute atomic E-state index is 12.4. The Morgan fingerprint density at radius 3 is 2.69 bits per heavy atom. The van der Waals surface area contributed by atoms with E-state index in [1.54, 1.807) is 41.5 Å². The van der Waals surface area contributed by atoms with E-state index in [0.717, 1.165) is 31.5 Å². The Balaban J connectivity index is 1.50. The second-order valence-corrected chi connectivity index (χ2v) is 10.0. The number of nitrogens with one attached hydrogen (secondary N) is 1. The summed E-state index contributed by atoms with van der Waals surface area (Å²) in [5.74, 6) is 0.427. The molecule has 9 nitrogen and oxygen atoms in total. The molecule has 3 heterocycles. The minimum absolute atomic E-state index is 0.0685. The fourth-order valence-corrected chi connectivity index (χ4v) is 4.36. The van der Waals surface area contributed by atoms with Gasteiger partial charge in [-0.1, -0.05) is 12.1 Å². The van der Waals surface area contributed by atoms with Gasteiger partial charge in [0.2, 0.25) is 11.9 Å². The fraction of sp³-hybridized carbons (Fsp3) is 0.364. The number of rotatable bonds is 6. The highest BCUT2D eigenvalue weighted by Gasteiger charge is 2.17. The van der Waals surface area contributed by atoms with Gasteiger partial charge in [-0.15, -0.1) is 0 Å². The molecule has 10 heteroatoms. The summed E-state index contributed by atoms with van der Waals surface area (Å²) < 4.78 is 25.4. The lowest BCUT2D eigenvalue weighted by molar-refractivity contribution is -0.132. The molecule has 1 aromatic carbocycles. The van der Waals surface area contributed by atoms with E-state index in [1.807, 2.05) is 17.9 Å². The molecule has 1 N–H and O–H groups in total. The van der Waals surface area contributed by atoms with Gasteiger partial charge in [0.25, 0.3) is 0 Å². The number of nitrogens with zero attached hydrogens (tertiary/aromatic N) is 5. The molecule has 3 aromatic rings. The molecule has 1 amide bonds. The van der Waals surface area contributed by atoms with Crippen LogP contribution in [-0.4, -0.2) is 58.3 Å². The number of hydrogen-bond acceptors (Lipinski definition) is 7. The van der Waals surface area contributed by atoms with Crippen molar-refractivity contribution in [3.63, 3.8) is 0 Å². The highest BCUT2D eigenvalue weighted by molar-refractivity contribution is 7.90. The molecule has 168 valence electrons. The van der Waals surface area contributed by atoms with Crippen molar-refractivity contribution in [3.8, 4) is 11.3 Å². The first-order chi connectivity index (χ1) is 15.3. The number of aryl methyl sites for hydroxylation is 1. The smallest absolute Gasteiger partial charge is 0.244 e. The van der Waals surface area contributed by atoms with E-state index in [-0.39, 0.29) is 17.3 Å². The largest absolute Gasteiger partial charge is 0.341 e. The fourth-order valence-electron chi connectivity index (χ4n) is 3.69. The van der Waals surface area contributed by atoms with Crippen LogP contribution in [0.25, 0.3) is 11.3 Å². The Morgan fingerprint density at radius 2 is 1.94 bits per heavy atom. The zero-order valence-corrected chi connectivity index (χ0v) is 19.0. The van der Waals surface area contributed by atoms with Gasteiger partial charge in [-0.25, -0.2) is 18.4 Å². The molecule has 0 atom stereocenters. The van der Waals surface area contributed by atoms with E-state index >= 15 is 0 Å². The van der Waals surface area contributed by atoms with Crippen molar-refractivity contribution in [1.82, 2.24) is 24.6 Å². The molecule has 0 unspecified atom stereocenters. The number of benzene rings is 1. The number of sulfone groups is 1. The second kappa shape index (κ2) is 9.07. The third-order valence-electron chi connectivity index (χ3n) is 5.40. The second-order valence-electron chi connectivity index (χ2n) is 8.02. The van der Waals surface area contributed by atoms with Crippen molar-refractivity contribution in [3.05, 3.63) is 48.4 Å². The van der Waals surface area contributed by atoms with Gasteiger partial charge in [-0.05, 0) is 43.9 Å². The SMILES string of the molecule is Cc1cnc(Nc2cnn(CC(=O)N3CCCCC3)c2)nc1-c1cccc(S(C)(=O)=O)c1. The molecule has 0 bridgehead atoms. The summed E-state index contributed by atoms with van der Waals surface area (Å²) in [6.07, 6.45) is 9.51. The predicted molar refractivity (Wildman–Crippen MR) is 121 cm³/mol. The molecule has 0 radical (unpaired) electrons. The number of aromatic nitrogens is 4. The number of carbonyl (C=O) groups excluding carboxylic acids is 1. The summed E-state index contributed by atoms with van der Waals surface area (Å²) in [4.78, 5) is 23.5. The van der Waals surface area contributed by atoms with Gasteiger partial charge in [0.1, 0.15) is 6.54 Å². The minimum atomic E-state index is -3.32. The highest BCUT2D eigenvalue weighted by atomic mass is 32.2. The third-order valence-corrected chi connectivity index (χ3v) is 6.51. The lowest BCUT2D eigenvalue weighted by Crippen LogP contribution is -2.37. The van der Waals surface area contributed by atoms with Crippen molar-refractivity contribution < 1.29 is 13.2 Å². The number of carbonyl (C=O) groups is 1. The van der Waals surface area contributed by atoms with E-state index < -0.39 is 9.84 Å². The lowest BCUT2D eigenvalue weighted by Gasteiger charge is -2.26. The molecule has 0 saturated carbocycles. The normalized spacial score (nSPS) is 14.4. The Kier molecular flexibility index (Phi) is 6.22. The van der Waals surface area contributed by atoms with Crippen LogP contribution in [0.5, 0.6) is 0 Å². The van der Waals surface area contributed by atoms with E-state index in [0.29, 0.717) is 22.9 Å². The summed E-state index contributed by atoms with van der Waals surface area (Å²) >= 11 is 0. The first-order valence-electron chi connectivity index (χ1n) is 10.5. The van der Waals surface area contributed by atoms with Crippen molar-refractivity contribution >= 4 is 27.4 Å². The standard InChI is InChI=1S/C22H26N6O3S/c1-16-12-23-22(26-21(16)17-7-6-8-19(11-17)32(2,30)31)25-18-13-24-28(14-18)15-20(29)27-9-4-3-5-10-27/h6-8,11-14H,3-5,9-10,15H2,1-2H3,(H,23,25,26).